The van der Waals surface area contributed by atoms with Crippen molar-refractivity contribution in [2.75, 3.05) is 23.5 Å². The molecule has 168 valence electrons. The number of nitrogen functional groups attached to an aromatic ring is 1. The number of amides is 1. The molecule has 32 heavy (non-hydrogen) atoms. The third kappa shape index (κ3) is 5.72. The molecule has 0 fully saturated rings. The summed E-state index contributed by atoms with van der Waals surface area (Å²) in [5.74, 6) is 5.33. The zero-order valence-corrected chi connectivity index (χ0v) is 17.6. The lowest BCUT2D eigenvalue weighted by Gasteiger charge is -2.10. The summed E-state index contributed by atoms with van der Waals surface area (Å²) in [5, 5.41) is 10.9. The van der Waals surface area contributed by atoms with Crippen LogP contribution < -0.4 is 15.9 Å². The number of nitrogens with zero attached hydrogens (tertiary/aromatic N) is 3. The average Bonchev–Trinajstić information content (AvgIpc) is 3.13. The predicted octanol–water partition coefficient (Wildman–Crippen LogP) is 3.17. The molecule has 0 saturated carbocycles. The molecule has 12 heteroatoms. The Bertz CT molecular complexity index is 1090. The molecular formula is C20H19F2N5O4S. The van der Waals surface area contributed by atoms with Crippen LogP contribution in [-0.2, 0) is 9.53 Å². The quantitative estimate of drug-likeness (QED) is 0.282. The van der Waals surface area contributed by atoms with E-state index in [1.807, 2.05) is 0 Å². The van der Waals surface area contributed by atoms with Crippen LogP contribution >= 0.6 is 11.8 Å². The van der Waals surface area contributed by atoms with Gasteiger partial charge in [0.05, 0.1) is 23.6 Å². The van der Waals surface area contributed by atoms with Crippen LogP contribution in [-0.4, -0.2) is 45.7 Å². The Morgan fingerprint density at radius 3 is 2.56 bits per heavy atom. The molecule has 0 aliphatic rings. The first-order valence-corrected chi connectivity index (χ1v) is 10.3. The van der Waals surface area contributed by atoms with Crippen LogP contribution in [0.3, 0.4) is 0 Å². The lowest BCUT2D eigenvalue weighted by Crippen LogP contribution is -2.18. The van der Waals surface area contributed by atoms with E-state index in [-0.39, 0.29) is 40.6 Å². The Balaban J connectivity index is 1.63. The van der Waals surface area contributed by atoms with Crippen molar-refractivity contribution in [3.05, 3.63) is 54.1 Å². The molecule has 0 bridgehead atoms. The summed E-state index contributed by atoms with van der Waals surface area (Å²) in [6.07, 6.45) is 0. The molecule has 1 aromatic heterocycles. The predicted molar refractivity (Wildman–Crippen MR) is 114 cm³/mol. The summed E-state index contributed by atoms with van der Waals surface area (Å²) in [6, 6.07) is 12.3. The summed E-state index contributed by atoms with van der Waals surface area (Å²) in [7, 11) is 0. The van der Waals surface area contributed by atoms with Gasteiger partial charge in [-0.3, -0.25) is 4.79 Å². The third-order valence-corrected chi connectivity index (χ3v) is 4.97. The monoisotopic (exact) mass is 463 g/mol. The number of anilines is 1. The maximum Gasteiger partial charge on any atom is 0.387 e. The van der Waals surface area contributed by atoms with E-state index in [2.05, 4.69) is 20.3 Å². The molecule has 3 N–H and O–H groups in total. The zero-order valence-electron chi connectivity index (χ0n) is 16.8. The van der Waals surface area contributed by atoms with Gasteiger partial charge in [0.15, 0.2) is 5.82 Å². The molecule has 1 heterocycles. The second kappa shape index (κ2) is 10.6. The molecular weight excluding hydrogens is 444 g/mol. The molecule has 0 atom stereocenters. The first kappa shape index (κ1) is 23.0. The molecule has 0 radical (unpaired) electrons. The van der Waals surface area contributed by atoms with Gasteiger partial charge in [0.25, 0.3) is 0 Å². The molecule has 0 unspecified atom stereocenters. The van der Waals surface area contributed by atoms with E-state index in [1.54, 1.807) is 31.2 Å². The van der Waals surface area contributed by atoms with Crippen LogP contribution in [0.25, 0.3) is 11.4 Å². The second-order valence-corrected chi connectivity index (χ2v) is 7.12. The SMILES string of the molecule is CCOC(=O)c1ccccc1NC(=O)CSc1nnc(-c2ccc(OC(F)F)cc2)n1N. The van der Waals surface area contributed by atoms with E-state index >= 15 is 0 Å². The zero-order chi connectivity index (χ0) is 23.1. The number of rotatable bonds is 9. The minimum absolute atomic E-state index is 0.00112. The fraction of sp³-hybridized carbons (Fsp3) is 0.200. The largest absolute Gasteiger partial charge is 0.462 e. The van der Waals surface area contributed by atoms with E-state index < -0.39 is 12.6 Å². The van der Waals surface area contributed by atoms with Crippen molar-refractivity contribution in [1.29, 1.82) is 0 Å². The highest BCUT2D eigenvalue weighted by molar-refractivity contribution is 7.99. The first-order chi connectivity index (χ1) is 15.4. The number of ether oxygens (including phenoxy) is 2. The Hall–Kier alpha value is -3.67. The lowest BCUT2D eigenvalue weighted by atomic mass is 10.2. The number of thioether (sulfide) groups is 1. The van der Waals surface area contributed by atoms with Gasteiger partial charge in [0.1, 0.15) is 5.75 Å². The number of carbonyl (C=O) groups is 2. The summed E-state index contributed by atoms with van der Waals surface area (Å²) in [4.78, 5) is 24.4. The number of nitrogens with two attached hydrogens (primary N) is 1. The van der Waals surface area contributed by atoms with Gasteiger partial charge in [-0.05, 0) is 43.3 Å². The number of halogens is 2. The Kier molecular flexibility index (Phi) is 7.60. The van der Waals surface area contributed by atoms with Crippen LogP contribution in [0.1, 0.15) is 17.3 Å². The number of carbonyl (C=O) groups excluding carboxylic acids is 2. The van der Waals surface area contributed by atoms with Gasteiger partial charge >= 0.3 is 12.6 Å². The fourth-order valence-corrected chi connectivity index (χ4v) is 3.31. The molecule has 3 aromatic rings. The van der Waals surface area contributed by atoms with E-state index in [0.717, 1.165) is 11.8 Å². The number of aromatic nitrogens is 3. The number of hydrogen-bond donors (Lipinski definition) is 2. The van der Waals surface area contributed by atoms with E-state index in [9.17, 15) is 18.4 Å². The van der Waals surface area contributed by atoms with Crippen LogP contribution in [0.2, 0.25) is 0 Å². The number of hydrogen-bond acceptors (Lipinski definition) is 8. The summed E-state index contributed by atoms with van der Waals surface area (Å²) >= 11 is 1.04. The van der Waals surface area contributed by atoms with Crippen LogP contribution in [0, 0.1) is 0 Å². The van der Waals surface area contributed by atoms with Gasteiger partial charge in [-0.15, -0.1) is 10.2 Å². The Morgan fingerprint density at radius 1 is 1.16 bits per heavy atom. The first-order valence-electron chi connectivity index (χ1n) is 9.33. The van der Waals surface area contributed by atoms with Gasteiger partial charge in [-0.2, -0.15) is 8.78 Å². The smallest absolute Gasteiger partial charge is 0.387 e. The van der Waals surface area contributed by atoms with Crippen LogP contribution in [0.15, 0.2) is 53.7 Å². The van der Waals surface area contributed by atoms with Gasteiger partial charge in [0.2, 0.25) is 11.1 Å². The normalized spacial score (nSPS) is 10.8. The molecule has 1 amide bonds. The average molecular weight is 463 g/mol. The van der Waals surface area contributed by atoms with E-state index in [4.69, 9.17) is 10.6 Å². The molecule has 0 spiro atoms. The number of esters is 1. The highest BCUT2D eigenvalue weighted by atomic mass is 32.2. The van der Waals surface area contributed by atoms with Crippen molar-refractivity contribution in [3.63, 3.8) is 0 Å². The highest BCUT2D eigenvalue weighted by Gasteiger charge is 2.17. The minimum atomic E-state index is -2.92. The molecule has 2 aromatic carbocycles. The fourth-order valence-electron chi connectivity index (χ4n) is 2.65. The topological polar surface area (TPSA) is 121 Å². The standard InChI is InChI=1S/C20H19F2N5O4S/c1-2-30-18(29)14-5-3-4-6-15(14)24-16(28)11-32-20-26-25-17(27(20)23)12-7-9-13(10-8-12)31-19(21)22/h3-10,19H,2,11,23H2,1H3,(H,24,28). The van der Waals surface area contributed by atoms with Crippen molar-refractivity contribution >= 4 is 29.3 Å². The van der Waals surface area contributed by atoms with E-state index in [0.29, 0.717) is 11.3 Å². The minimum Gasteiger partial charge on any atom is -0.462 e. The molecule has 0 saturated heterocycles. The number of nitrogens with one attached hydrogen (secondary N) is 1. The third-order valence-electron chi connectivity index (χ3n) is 4.03. The maximum absolute atomic E-state index is 12.4. The van der Waals surface area contributed by atoms with Crippen molar-refractivity contribution < 1.29 is 27.8 Å². The van der Waals surface area contributed by atoms with E-state index in [1.165, 1.54) is 28.9 Å². The van der Waals surface area contributed by atoms with Crippen LogP contribution in [0.5, 0.6) is 5.75 Å². The van der Waals surface area contributed by atoms with Gasteiger partial charge in [0, 0.05) is 5.56 Å². The summed E-state index contributed by atoms with van der Waals surface area (Å²) in [5.41, 5.74) is 1.11. The molecule has 3 rings (SSSR count). The molecule has 0 aliphatic heterocycles. The van der Waals surface area contributed by atoms with Gasteiger partial charge in [-0.25, -0.2) is 9.47 Å². The second-order valence-electron chi connectivity index (χ2n) is 6.18. The Morgan fingerprint density at radius 2 is 1.88 bits per heavy atom. The van der Waals surface area contributed by atoms with Crippen LogP contribution in [0.4, 0.5) is 14.5 Å². The number of benzene rings is 2. The number of para-hydroxylation sites is 1. The van der Waals surface area contributed by atoms with Gasteiger partial charge in [-0.1, -0.05) is 23.9 Å². The molecule has 9 nitrogen and oxygen atoms in total. The number of alkyl halides is 2. The Labute approximate surface area is 185 Å². The lowest BCUT2D eigenvalue weighted by molar-refractivity contribution is -0.113. The van der Waals surface area contributed by atoms with Crippen molar-refractivity contribution in [2.45, 2.75) is 18.7 Å². The maximum atomic E-state index is 12.4. The summed E-state index contributed by atoms with van der Waals surface area (Å²) in [6.45, 7) is -1.01. The van der Waals surface area contributed by atoms with Crippen molar-refractivity contribution in [1.82, 2.24) is 14.9 Å². The van der Waals surface area contributed by atoms with Gasteiger partial charge < -0.3 is 20.6 Å². The highest BCUT2D eigenvalue weighted by Crippen LogP contribution is 2.25. The molecule has 0 aliphatic carbocycles. The van der Waals surface area contributed by atoms with Crippen molar-refractivity contribution in [3.8, 4) is 17.1 Å². The van der Waals surface area contributed by atoms with Crippen molar-refractivity contribution in [2.24, 2.45) is 0 Å². The summed E-state index contributed by atoms with van der Waals surface area (Å²) < 4.78 is 35.0.